The van der Waals surface area contributed by atoms with Crippen LogP contribution in [0.3, 0.4) is 0 Å². The van der Waals surface area contributed by atoms with Crippen molar-refractivity contribution < 1.29 is 4.79 Å². The Morgan fingerprint density at radius 1 is 1.27 bits per heavy atom. The normalized spacial score (nSPS) is 15.7. The first kappa shape index (κ1) is 18.1. The number of nitrogen functional groups attached to an aromatic ring is 1. The Labute approximate surface area is 173 Å². The molecule has 7 heteroatoms. The first-order valence-electron chi connectivity index (χ1n) is 9.74. The molecule has 4 heterocycles. The summed E-state index contributed by atoms with van der Waals surface area (Å²) in [5.74, 6) is 0.250. The summed E-state index contributed by atoms with van der Waals surface area (Å²) < 4.78 is 2.13. The van der Waals surface area contributed by atoms with Crippen LogP contribution in [0.1, 0.15) is 12.1 Å². The van der Waals surface area contributed by atoms with E-state index in [1.165, 1.54) is 12.4 Å². The van der Waals surface area contributed by atoms with Gasteiger partial charge in [-0.05, 0) is 30.7 Å². The second-order valence-corrected chi connectivity index (χ2v) is 7.25. The molecule has 0 saturated carbocycles. The average molecular weight is 396 g/mol. The molecule has 7 nitrogen and oxygen atoms in total. The van der Waals surface area contributed by atoms with E-state index in [9.17, 15) is 4.79 Å². The van der Waals surface area contributed by atoms with Crippen molar-refractivity contribution in [1.29, 1.82) is 0 Å². The molecule has 1 aliphatic heterocycles. The van der Waals surface area contributed by atoms with Crippen LogP contribution in [0.2, 0.25) is 0 Å². The number of nitrogens with zero attached hydrogens (tertiary/aromatic N) is 4. The molecule has 30 heavy (non-hydrogen) atoms. The zero-order valence-corrected chi connectivity index (χ0v) is 16.2. The summed E-state index contributed by atoms with van der Waals surface area (Å²) >= 11 is 0. The largest absolute Gasteiger partial charge is 0.383 e. The van der Waals surface area contributed by atoms with E-state index in [-0.39, 0.29) is 11.9 Å². The molecule has 3 aromatic heterocycles. The monoisotopic (exact) mass is 396 g/mol. The van der Waals surface area contributed by atoms with Gasteiger partial charge >= 0.3 is 0 Å². The fraction of sp³-hybridized carbons (Fsp3) is 0.130. The minimum absolute atomic E-state index is 0.0905. The molecule has 0 aliphatic carbocycles. The standard InChI is InChI=1S/C23H20N6O/c1-2-19(30)28-16-7-8-18-20(15-11-14-5-3-4-6-17(14)25-12-15)21-22(24)26-13-27-23(21)29(18)10-9-16/h2-8,11-13,16H,1,9-10H2,(H,28,30)(H2,24,26,27)/t16-/m0/s1. The topological polar surface area (TPSA) is 98.7 Å². The third kappa shape index (κ3) is 2.91. The fourth-order valence-electron chi connectivity index (χ4n) is 4.04. The molecular weight excluding hydrogens is 376 g/mol. The van der Waals surface area contributed by atoms with Crippen molar-refractivity contribution >= 4 is 39.7 Å². The Balaban J connectivity index is 1.72. The highest BCUT2D eigenvalue weighted by atomic mass is 16.1. The smallest absolute Gasteiger partial charge is 0.243 e. The number of nitrogens with two attached hydrogens (primary N) is 1. The maximum Gasteiger partial charge on any atom is 0.243 e. The van der Waals surface area contributed by atoms with Gasteiger partial charge in [0.05, 0.1) is 16.6 Å². The van der Waals surface area contributed by atoms with Crippen LogP contribution >= 0.6 is 0 Å². The molecule has 3 N–H and O–H groups in total. The van der Waals surface area contributed by atoms with Crippen LogP contribution in [0.4, 0.5) is 5.82 Å². The van der Waals surface area contributed by atoms with Gasteiger partial charge in [-0.3, -0.25) is 9.78 Å². The lowest BCUT2D eigenvalue weighted by Gasteiger charge is -2.12. The molecule has 148 valence electrons. The molecule has 1 aromatic carbocycles. The van der Waals surface area contributed by atoms with Gasteiger partial charge in [0, 0.05) is 35.3 Å². The molecule has 0 saturated heterocycles. The van der Waals surface area contributed by atoms with E-state index in [1.54, 1.807) is 0 Å². The summed E-state index contributed by atoms with van der Waals surface area (Å²) in [6.07, 6.45) is 9.38. The second kappa shape index (κ2) is 7.11. The van der Waals surface area contributed by atoms with Crippen LogP contribution in [0.5, 0.6) is 0 Å². The molecule has 0 unspecified atom stereocenters. The number of para-hydroxylation sites is 1. The lowest BCUT2D eigenvalue weighted by molar-refractivity contribution is -0.116. The third-order valence-corrected chi connectivity index (χ3v) is 5.45. The van der Waals surface area contributed by atoms with Gasteiger partial charge in [0.25, 0.3) is 0 Å². The Bertz CT molecular complexity index is 1340. The first-order chi connectivity index (χ1) is 14.7. The van der Waals surface area contributed by atoms with Crippen molar-refractivity contribution in [2.45, 2.75) is 19.0 Å². The van der Waals surface area contributed by atoms with E-state index >= 15 is 0 Å². The third-order valence-electron chi connectivity index (χ3n) is 5.45. The fourth-order valence-corrected chi connectivity index (χ4v) is 4.04. The molecule has 1 aliphatic rings. The van der Waals surface area contributed by atoms with Crippen molar-refractivity contribution in [2.24, 2.45) is 0 Å². The number of aromatic nitrogens is 4. The van der Waals surface area contributed by atoms with E-state index in [2.05, 4.69) is 37.5 Å². The number of amides is 1. The quantitative estimate of drug-likeness (QED) is 0.518. The van der Waals surface area contributed by atoms with Crippen LogP contribution in [0.25, 0.3) is 39.1 Å². The van der Waals surface area contributed by atoms with Gasteiger partial charge in [0.15, 0.2) is 0 Å². The number of anilines is 1. The number of hydrogen-bond acceptors (Lipinski definition) is 5. The summed E-state index contributed by atoms with van der Waals surface area (Å²) in [5.41, 5.74) is 10.9. The lowest BCUT2D eigenvalue weighted by atomic mass is 10.0. The predicted molar refractivity (Wildman–Crippen MR) is 118 cm³/mol. The predicted octanol–water partition coefficient (Wildman–Crippen LogP) is 3.32. The van der Waals surface area contributed by atoms with Crippen LogP contribution < -0.4 is 11.1 Å². The van der Waals surface area contributed by atoms with Gasteiger partial charge in [0.2, 0.25) is 5.91 Å². The number of carbonyl (C=O) groups excluding carboxylic acids is 1. The lowest BCUT2D eigenvalue weighted by Crippen LogP contribution is -2.32. The van der Waals surface area contributed by atoms with Gasteiger partial charge in [-0.15, -0.1) is 0 Å². The van der Waals surface area contributed by atoms with Gasteiger partial charge in [-0.25, -0.2) is 9.97 Å². The number of nitrogens with one attached hydrogen (secondary N) is 1. The molecule has 0 spiro atoms. The number of aryl methyl sites for hydroxylation is 1. The average Bonchev–Trinajstić information content (AvgIpc) is 2.95. The number of rotatable bonds is 3. The van der Waals surface area contributed by atoms with Crippen LogP contribution in [0, 0.1) is 0 Å². The SMILES string of the molecule is C=CC(=O)N[C@H]1C=Cc2c(-c3cnc4ccccc4c3)c3c(N)ncnc3n2CC1. The molecule has 1 atom stereocenters. The van der Waals surface area contributed by atoms with Crippen molar-refractivity contribution in [3.05, 3.63) is 67.3 Å². The summed E-state index contributed by atoms with van der Waals surface area (Å²) in [4.78, 5) is 25.1. The minimum Gasteiger partial charge on any atom is -0.383 e. The number of carbonyl (C=O) groups is 1. The number of hydrogen-bond donors (Lipinski definition) is 2. The molecule has 0 fully saturated rings. The van der Waals surface area contributed by atoms with Crippen molar-refractivity contribution in [2.75, 3.05) is 5.73 Å². The highest BCUT2D eigenvalue weighted by Crippen LogP contribution is 2.39. The molecule has 0 radical (unpaired) electrons. The highest BCUT2D eigenvalue weighted by Gasteiger charge is 2.23. The second-order valence-electron chi connectivity index (χ2n) is 7.25. The van der Waals surface area contributed by atoms with Crippen molar-refractivity contribution in [1.82, 2.24) is 24.8 Å². The molecule has 0 bridgehead atoms. The summed E-state index contributed by atoms with van der Waals surface area (Å²) in [6.45, 7) is 4.21. The van der Waals surface area contributed by atoms with E-state index in [4.69, 9.17) is 5.73 Å². The van der Waals surface area contributed by atoms with E-state index in [1.807, 2.05) is 42.6 Å². The van der Waals surface area contributed by atoms with Gasteiger partial charge in [-0.1, -0.05) is 30.9 Å². The van der Waals surface area contributed by atoms with Gasteiger partial charge in [0.1, 0.15) is 17.8 Å². The maximum atomic E-state index is 11.8. The van der Waals surface area contributed by atoms with Crippen LogP contribution in [-0.4, -0.2) is 31.5 Å². The van der Waals surface area contributed by atoms with E-state index in [0.29, 0.717) is 12.4 Å². The van der Waals surface area contributed by atoms with E-state index < -0.39 is 0 Å². The summed E-state index contributed by atoms with van der Waals surface area (Å²) in [7, 11) is 0. The Morgan fingerprint density at radius 3 is 3.00 bits per heavy atom. The summed E-state index contributed by atoms with van der Waals surface area (Å²) in [6, 6.07) is 10.0. The Hall–Kier alpha value is -4.00. The Kier molecular flexibility index (Phi) is 4.28. The van der Waals surface area contributed by atoms with E-state index in [0.717, 1.165) is 45.2 Å². The molecule has 5 rings (SSSR count). The molecule has 1 amide bonds. The number of pyridine rings is 1. The maximum absolute atomic E-state index is 11.8. The van der Waals surface area contributed by atoms with Crippen molar-refractivity contribution in [3.8, 4) is 11.1 Å². The van der Waals surface area contributed by atoms with Crippen LogP contribution in [-0.2, 0) is 11.3 Å². The zero-order valence-electron chi connectivity index (χ0n) is 16.2. The van der Waals surface area contributed by atoms with Crippen molar-refractivity contribution in [3.63, 3.8) is 0 Å². The highest BCUT2D eigenvalue weighted by molar-refractivity contribution is 6.05. The Morgan fingerprint density at radius 2 is 2.13 bits per heavy atom. The van der Waals surface area contributed by atoms with Gasteiger partial charge in [-0.2, -0.15) is 0 Å². The molecule has 4 aromatic rings. The van der Waals surface area contributed by atoms with Gasteiger partial charge < -0.3 is 15.6 Å². The zero-order chi connectivity index (χ0) is 20.7. The molecular formula is C23H20N6O. The number of fused-ring (bicyclic) bond motifs is 4. The summed E-state index contributed by atoms with van der Waals surface area (Å²) in [5, 5.41) is 4.82. The minimum atomic E-state index is -0.188. The number of benzene rings is 1. The first-order valence-corrected chi connectivity index (χ1v) is 9.74. The van der Waals surface area contributed by atoms with Crippen LogP contribution in [0.15, 0.2) is 61.6 Å².